The van der Waals surface area contributed by atoms with Gasteiger partial charge in [-0.15, -0.1) is 0 Å². The lowest BCUT2D eigenvalue weighted by atomic mass is 10.0. The van der Waals surface area contributed by atoms with Gasteiger partial charge in [-0.25, -0.2) is 4.57 Å². The largest absolute Gasteiger partial charge is 0.472 e. The summed E-state index contributed by atoms with van der Waals surface area (Å²) < 4.78 is 22.2. The molecule has 0 fully saturated rings. The number of aryl methyl sites for hydroxylation is 1. The molecule has 0 bridgehead atoms. The molecule has 1 rings (SSSR count). The molecule has 2 atom stereocenters. The van der Waals surface area contributed by atoms with E-state index in [1.165, 1.54) is 18.4 Å². The van der Waals surface area contributed by atoms with Gasteiger partial charge in [0.15, 0.2) is 0 Å². The van der Waals surface area contributed by atoms with Crippen molar-refractivity contribution in [2.75, 3.05) is 13.2 Å². The third kappa shape index (κ3) is 16.1. The summed E-state index contributed by atoms with van der Waals surface area (Å²) in [5.74, 6) is 0.687. The molecule has 1 aromatic carbocycles. The van der Waals surface area contributed by atoms with Crippen LogP contribution < -0.4 is 0 Å². The normalized spacial score (nSPS) is 15.0. The lowest BCUT2D eigenvalue weighted by Crippen LogP contribution is -2.12. The maximum absolute atomic E-state index is 11.9. The second-order valence-corrected chi connectivity index (χ2v) is 9.58. The van der Waals surface area contributed by atoms with E-state index in [1.54, 1.807) is 0 Å². The summed E-state index contributed by atoms with van der Waals surface area (Å²) in [6.07, 6.45) is 11.0. The van der Waals surface area contributed by atoms with Crippen molar-refractivity contribution in [3.05, 3.63) is 35.9 Å². The number of benzene rings is 1. The Balaban J connectivity index is 0.000000769. The van der Waals surface area contributed by atoms with E-state index in [2.05, 4.69) is 65.0 Å². The van der Waals surface area contributed by atoms with E-state index in [1.807, 2.05) is 0 Å². The molecule has 2 unspecified atom stereocenters. The van der Waals surface area contributed by atoms with Gasteiger partial charge in [-0.2, -0.15) is 0 Å². The van der Waals surface area contributed by atoms with Crippen molar-refractivity contribution >= 4 is 7.82 Å². The number of hydrogen-bond acceptors (Lipinski definition) is 3. The van der Waals surface area contributed by atoms with Crippen molar-refractivity contribution in [1.29, 1.82) is 0 Å². The van der Waals surface area contributed by atoms with E-state index in [0.29, 0.717) is 25.0 Å². The zero-order valence-electron chi connectivity index (χ0n) is 20.1. The van der Waals surface area contributed by atoms with Gasteiger partial charge in [0.25, 0.3) is 0 Å². The van der Waals surface area contributed by atoms with Gasteiger partial charge in [0.05, 0.1) is 13.2 Å². The summed E-state index contributed by atoms with van der Waals surface area (Å²) in [7, 11) is -3.89. The van der Waals surface area contributed by atoms with Gasteiger partial charge >= 0.3 is 7.82 Å². The van der Waals surface area contributed by atoms with Crippen LogP contribution in [0.1, 0.15) is 98.0 Å². The molecule has 0 saturated carbocycles. The fraction of sp³-hybridized carbons (Fsp3) is 0.760. The van der Waals surface area contributed by atoms with Gasteiger partial charge in [-0.1, -0.05) is 110 Å². The van der Waals surface area contributed by atoms with Crippen LogP contribution in [0.4, 0.5) is 0 Å². The molecule has 0 aliphatic rings. The first-order valence-corrected chi connectivity index (χ1v) is 13.6. The monoisotopic (exact) mass is 442 g/mol. The fourth-order valence-electron chi connectivity index (χ4n) is 3.17. The number of phosphoric ester groups is 1. The SMILES string of the molecule is CCCCC(CC)COP(=O)(O)OCC(CC)CCCC.CCCc1ccccc1. The van der Waals surface area contributed by atoms with Crippen LogP contribution in [0.5, 0.6) is 0 Å². The summed E-state index contributed by atoms with van der Waals surface area (Å²) >= 11 is 0. The molecule has 0 heterocycles. The Labute approximate surface area is 186 Å². The highest BCUT2D eigenvalue weighted by Gasteiger charge is 2.24. The Hall–Kier alpha value is -0.670. The highest BCUT2D eigenvalue weighted by Crippen LogP contribution is 2.44. The molecule has 0 radical (unpaired) electrons. The number of hydrogen-bond donors (Lipinski definition) is 1. The van der Waals surface area contributed by atoms with Gasteiger partial charge in [0.2, 0.25) is 0 Å². The first-order valence-electron chi connectivity index (χ1n) is 12.1. The van der Waals surface area contributed by atoms with Crippen LogP contribution in [0, 0.1) is 11.8 Å². The van der Waals surface area contributed by atoms with Crippen molar-refractivity contribution in [2.45, 2.75) is 98.8 Å². The van der Waals surface area contributed by atoms with Gasteiger partial charge in [-0.3, -0.25) is 9.05 Å². The standard InChI is InChI=1S/C16H35O4P.C9H12/c1-5-9-11-15(7-3)13-19-21(17,18)20-14-16(8-4)12-10-6-2;1-2-6-9-7-4-3-5-8-9/h15-16H,5-14H2,1-4H3,(H,17,18);3-5,7-8H,2,6H2,1H3. The van der Waals surface area contributed by atoms with E-state index in [4.69, 9.17) is 9.05 Å². The average molecular weight is 443 g/mol. The van der Waals surface area contributed by atoms with Crippen molar-refractivity contribution < 1.29 is 18.5 Å². The highest BCUT2D eigenvalue weighted by molar-refractivity contribution is 7.47. The first-order chi connectivity index (χ1) is 14.4. The minimum absolute atomic E-state index is 0.316. The molecule has 0 aliphatic heterocycles. The Morgan fingerprint density at radius 2 is 1.27 bits per heavy atom. The van der Waals surface area contributed by atoms with Gasteiger partial charge < -0.3 is 4.89 Å². The van der Waals surface area contributed by atoms with Crippen LogP contribution in [0.25, 0.3) is 0 Å². The molecule has 0 saturated heterocycles. The maximum Gasteiger partial charge on any atom is 0.472 e. The number of unbranched alkanes of at least 4 members (excludes halogenated alkanes) is 2. The molecular formula is C25H47O4P. The van der Waals surface area contributed by atoms with Crippen LogP contribution >= 0.6 is 7.82 Å². The molecule has 4 nitrogen and oxygen atoms in total. The second kappa shape index (κ2) is 19.0. The molecule has 0 aliphatic carbocycles. The summed E-state index contributed by atoms with van der Waals surface area (Å²) in [5, 5.41) is 0. The Morgan fingerprint density at radius 3 is 1.63 bits per heavy atom. The third-order valence-electron chi connectivity index (χ3n) is 5.41. The number of phosphoric acid groups is 1. The van der Waals surface area contributed by atoms with Crippen molar-refractivity contribution in [2.24, 2.45) is 11.8 Å². The third-order valence-corrected chi connectivity index (χ3v) is 6.37. The van der Waals surface area contributed by atoms with Crippen molar-refractivity contribution in [3.8, 4) is 0 Å². The summed E-state index contributed by atoms with van der Waals surface area (Å²) in [6.45, 7) is 11.3. The molecule has 0 aromatic heterocycles. The van der Waals surface area contributed by atoms with E-state index in [0.717, 1.165) is 51.4 Å². The van der Waals surface area contributed by atoms with Crippen LogP contribution in [0.2, 0.25) is 0 Å². The molecular weight excluding hydrogens is 395 g/mol. The van der Waals surface area contributed by atoms with E-state index >= 15 is 0 Å². The molecule has 30 heavy (non-hydrogen) atoms. The van der Waals surface area contributed by atoms with Crippen LogP contribution in [0.15, 0.2) is 30.3 Å². The van der Waals surface area contributed by atoms with E-state index in [-0.39, 0.29) is 0 Å². The van der Waals surface area contributed by atoms with Crippen molar-refractivity contribution in [3.63, 3.8) is 0 Å². The quantitative estimate of drug-likeness (QED) is 0.262. The van der Waals surface area contributed by atoms with Crippen molar-refractivity contribution in [1.82, 2.24) is 0 Å². The Bertz CT molecular complexity index is 511. The maximum atomic E-state index is 11.9. The van der Waals surface area contributed by atoms with Crippen LogP contribution in [0.3, 0.4) is 0 Å². The van der Waals surface area contributed by atoms with Crippen LogP contribution in [-0.4, -0.2) is 18.1 Å². The van der Waals surface area contributed by atoms with Crippen LogP contribution in [-0.2, 0) is 20.0 Å². The smallest absolute Gasteiger partial charge is 0.302 e. The fourth-order valence-corrected chi connectivity index (χ4v) is 4.04. The van der Waals surface area contributed by atoms with Gasteiger partial charge in [0.1, 0.15) is 0 Å². The molecule has 0 amide bonds. The minimum Gasteiger partial charge on any atom is -0.302 e. The average Bonchev–Trinajstić information content (AvgIpc) is 2.75. The van der Waals surface area contributed by atoms with E-state index < -0.39 is 7.82 Å². The zero-order valence-corrected chi connectivity index (χ0v) is 21.0. The predicted molar refractivity (Wildman–Crippen MR) is 129 cm³/mol. The minimum atomic E-state index is -3.89. The first kappa shape index (κ1) is 29.3. The number of rotatable bonds is 16. The molecule has 1 aromatic rings. The lowest BCUT2D eigenvalue weighted by Gasteiger charge is -2.20. The summed E-state index contributed by atoms with van der Waals surface area (Å²) in [4.78, 5) is 9.77. The highest BCUT2D eigenvalue weighted by atomic mass is 31.2. The van der Waals surface area contributed by atoms with E-state index in [9.17, 15) is 9.46 Å². The molecule has 0 spiro atoms. The second-order valence-electron chi connectivity index (χ2n) is 8.13. The topological polar surface area (TPSA) is 55.8 Å². The molecule has 5 heteroatoms. The summed E-state index contributed by atoms with van der Waals surface area (Å²) in [6, 6.07) is 10.6. The zero-order chi connectivity index (χ0) is 22.7. The molecule has 176 valence electrons. The Kier molecular flexibility index (Phi) is 18.6. The predicted octanol–water partition coefficient (Wildman–Crippen LogP) is 8.19. The lowest BCUT2D eigenvalue weighted by molar-refractivity contribution is 0.110. The Morgan fingerprint density at radius 1 is 0.800 bits per heavy atom. The van der Waals surface area contributed by atoms with Gasteiger partial charge in [-0.05, 0) is 36.7 Å². The molecule has 1 N–H and O–H groups in total. The van der Waals surface area contributed by atoms with Gasteiger partial charge in [0, 0.05) is 0 Å². The summed E-state index contributed by atoms with van der Waals surface area (Å²) in [5.41, 5.74) is 1.44.